The van der Waals surface area contributed by atoms with Crippen LogP contribution in [0.5, 0.6) is 0 Å². The van der Waals surface area contributed by atoms with Gasteiger partial charge in [0.2, 0.25) is 0 Å². The Morgan fingerprint density at radius 1 is 1.37 bits per heavy atom. The number of anilines is 1. The van der Waals surface area contributed by atoms with Crippen LogP contribution in [0.2, 0.25) is 0 Å². The molecular formula is C14H21N3O2. The fourth-order valence-electron chi connectivity index (χ4n) is 2.59. The number of hydrogen-bond donors (Lipinski definition) is 1. The highest BCUT2D eigenvalue weighted by atomic mass is 16.6. The Morgan fingerprint density at radius 2 is 2.00 bits per heavy atom. The predicted molar refractivity (Wildman–Crippen MR) is 76.7 cm³/mol. The van der Waals surface area contributed by atoms with E-state index in [-0.39, 0.29) is 16.7 Å². The largest absolute Gasteiger partial charge is 0.375 e. The minimum Gasteiger partial charge on any atom is -0.375 e. The van der Waals surface area contributed by atoms with Gasteiger partial charge in [-0.2, -0.15) is 0 Å². The second-order valence-electron chi connectivity index (χ2n) is 5.58. The van der Waals surface area contributed by atoms with E-state index in [0.29, 0.717) is 11.7 Å². The summed E-state index contributed by atoms with van der Waals surface area (Å²) in [5.74, 6) is 0. The van der Waals surface area contributed by atoms with Gasteiger partial charge in [-0.1, -0.05) is 0 Å². The summed E-state index contributed by atoms with van der Waals surface area (Å²) in [7, 11) is 2.08. The number of likely N-dealkylation sites (N-methyl/N-ethyl adjacent to an activating group) is 1. The highest BCUT2D eigenvalue weighted by Crippen LogP contribution is 2.30. The maximum atomic E-state index is 11.1. The molecule has 2 atom stereocenters. The van der Waals surface area contributed by atoms with Gasteiger partial charge in [-0.15, -0.1) is 0 Å². The van der Waals surface area contributed by atoms with Gasteiger partial charge in [0.15, 0.2) is 0 Å². The lowest BCUT2D eigenvalue weighted by molar-refractivity contribution is -0.384. The van der Waals surface area contributed by atoms with Gasteiger partial charge in [0.25, 0.3) is 5.69 Å². The van der Waals surface area contributed by atoms with Crippen LogP contribution >= 0.6 is 0 Å². The zero-order valence-corrected chi connectivity index (χ0v) is 11.9. The van der Waals surface area contributed by atoms with Crippen LogP contribution in [0.15, 0.2) is 12.1 Å². The third kappa shape index (κ3) is 2.87. The van der Waals surface area contributed by atoms with Crippen molar-refractivity contribution >= 4 is 11.4 Å². The number of hydrogen-bond acceptors (Lipinski definition) is 4. The predicted octanol–water partition coefficient (Wildman–Crippen LogP) is 2.72. The second-order valence-corrected chi connectivity index (χ2v) is 5.58. The molecule has 19 heavy (non-hydrogen) atoms. The number of likely N-dealkylation sites (tertiary alicyclic amines) is 1. The number of nitrogens with one attached hydrogen (secondary N) is 1. The Labute approximate surface area is 113 Å². The molecule has 104 valence electrons. The average molecular weight is 263 g/mol. The molecule has 1 saturated heterocycles. The molecule has 5 nitrogen and oxygen atoms in total. The average Bonchev–Trinajstić information content (AvgIpc) is 2.62. The van der Waals surface area contributed by atoms with Crippen molar-refractivity contribution in [1.29, 1.82) is 0 Å². The standard InChI is InChI=1S/C14H21N3O2/c1-9-5-13(14(17(18)19)6-10(9)2)15-12-7-11(3)16(4)8-12/h5-6,11-12,15H,7-8H2,1-4H3. The lowest BCUT2D eigenvalue weighted by Crippen LogP contribution is -2.25. The topological polar surface area (TPSA) is 58.4 Å². The van der Waals surface area contributed by atoms with Crippen LogP contribution < -0.4 is 5.32 Å². The molecular weight excluding hydrogens is 242 g/mol. The smallest absolute Gasteiger partial charge is 0.292 e. The molecule has 1 aromatic rings. The third-order valence-corrected chi connectivity index (χ3v) is 4.05. The first-order valence-electron chi connectivity index (χ1n) is 6.61. The van der Waals surface area contributed by atoms with Crippen LogP contribution in [0.4, 0.5) is 11.4 Å². The number of aryl methyl sites for hydroxylation is 2. The van der Waals surface area contributed by atoms with E-state index in [1.807, 2.05) is 19.9 Å². The van der Waals surface area contributed by atoms with Crippen molar-refractivity contribution in [2.24, 2.45) is 0 Å². The van der Waals surface area contributed by atoms with Crippen molar-refractivity contribution < 1.29 is 4.92 Å². The van der Waals surface area contributed by atoms with Crippen LogP contribution in [0.1, 0.15) is 24.5 Å². The zero-order chi connectivity index (χ0) is 14.2. The molecule has 5 heteroatoms. The van der Waals surface area contributed by atoms with Gasteiger partial charge >= 0.3 is 0 Å². The quantitative estimate of drug-likeness (QED) is 0.673. The fraction of sp³-hybridized carbons (Fsp3) is 0.571. The Hall–Kier alpha value is -1.62. The molecule has 1 aliphatic rings. The van der Waals surface area contributed by atoms with E-state index >= 15 is 0 Å². The van der Waals surface area contributed by atoms with E-state index < -0.39 is 0 Å². The van der Waals surface area contributed by atoms with Crippen LogP contribution in [-0.4, -0.2) is 35.5 Å². The Morgan fingerprint density at radius 3 is 2.53 bits per heavy atom. The van der Waals surface area contributed by atoms with E-state index in [1.54, 1.807) is 6.07 Å². The molecule has 2 rings (SSSR count). The van der Waals surface area contributed by atoms with Crippen LogP contribution in [0.25, 0.3) is 0 Å². The summed E-state index contributed by atoms with van der Waals surface area (Å²) in [4.78, 5) is 13.1. The van der Waals surface area contributed by atoms with Gasteiger partial charge in [-0.3, -0.25) is 10.1 Å². The summed E-state index contributed by atoms with van der Waals surface area (Å²) in [6.45, 7) is 6.98. The molecule has 0 radical (unpaired) electrons. The Balaban J connectivity index is 2.24. The molecule has 2 unspecified atom stereocenters. The molecule has 1 heterocycles. The van der Waals surface area contributed by atoms with E-state index in [9.17, 15) is 10.1 Å². The van der Waals surface area contributed by atoms with Crippen LogP contribution in [-0.2, 0) is 0 Å². The first-order valence-corrected chi connectivity index (χ1v) is 6.61. The molecule has 0 aliphatic carbocycles. The lowest BCUT2D eigenvalue weighted by Gasteiger charge is -2.15. The zero-order valence-electron chi connectivity index (χ0n) is 11.9. The molecule has 1 N–H and O–H groups in total. The van der Waals surface area contributed by atoms with Crippen LogP contribution in [0, 0.1) is 24.0 Å². The summed E-state index contributed by atoms with van der Waals surface area (Å²) < 4.78 is 0. The summed E-state index contributed by atoms with van der Waals surface area (Å²) in [6, 6.07) is 4.33. The van der Waals surface area contributed by atoms with E-state index in [0.717, 1.165) is 24.1 Å². The molecule has 1 aliphatic heterocycles. The molecule has 0 saturated carbocycles. The maximum absolute atomic E-state index is 11.1. The molecule has 0 bridgehead atoms. The minimum atomic E-state index is -0.309. The van der Waals surface area contributed by atoms with E-state index in [2.05, 4.69) is 24.2 Å². The summed E-state index contributed by atoms with van der Waals surface area (Å²) in [5, 5.41) is 14.5. The van der Waals surface area contributed by atoms with Crippen molar-refractivity contribution in [2.45, 2.75) is 39.3 Å². The third-order valence-electron chi connectivity index (χ3n) is 4.05. The van der Waals surface area contributed by atoms with Gasteiger partial charge in [0.1, 0.15) is 5.69 Å². The van der Waals surface area contributed by atoms with Crippen molar-refractivity contribution in [3.05, 3.63) is 33.4 Å². The fourth-order valence-corrected chi connectivity index (χ4v) is 2.59. The van der Waals surface area contributed by atoms with Gasteiger partial charge in [-0.05, 0) is 51.4 Å². The van der Waals surface area contributed by atoms with Gasteiger partial charge < -0.3 is 10.2 Å². The second kappa shape index (κ2) is 5.17. The molecule has 1 aromatic carbocycles. The highest BCUT2D eigenvalue weighted by Gasteiger charge is 2.27. The van der Waals surface area contributed by atoms with Gasteiger partial charge in [-0.25, -0.2) is 0 Å². The number of nitro benzene ring substituents is 1. The van der Waals surface area contributed by atoms with Gasteiger partial charge in [0, 0.05) is 24.7 Å². The van der Waals surface area contributed by atoms with E-state index in [4.69, 9.17) is 0 Å². The molecule has 0 amide bonds. The summed E-state index contributed by atoms with van der Waals surface area (Å²) >= 11 is 0. The summed E-state index contributed by atoms with van der Waals surface area (Å²) in [6.07, 6.45) is 1.01. The summed E-state index contributed by atoms with van der Waals surface area (Å²) in [5.41, 5.74) is 2.84. The van der Waals surface area contributed by atoms with Crippen molar-refractivity contribution in [1.82, 2.24) is 4.90 Å². The molecule has 0 aromatic heterocycles. The Kier molecular flexibility index (Phi) is 3.75. The van der Waals surface area contributed by atoms with Crippen molar-refractivity contribution in [3.8, 4) is 0 Å². The Bertz CT molecular complexity index is 492. The lowest BCUT2D eigenvalue weighted by atomic mass is 10.1. The normalized spacial score (nSPS) is 23.6. The monoisotopic (exact) mass is 263 g/mol. The van der Waals surface area contributed by atoms with Gasteiger partial charge in [0.05, 0.1) is 4.92 Å². The van der Waals surface area contributed by atoms with E-state index in [1.165, 1.54) is 0 Å². The minimum absolute atomic E-state index is 0.172. The highest BCUT2D eigenvalue weighted by molar-refractivity contribution is 5.65. The van der Waals surface area contributed by atoms with Crippen LogP contribution in [0.3, 0.4) is 0 Å². The molecule has 1 fully saturated rings. The number of nitrogens with zero attached hydrogens (tertiary/aromatic N) is 2. The first-order chi connectivity index (χ1) is 8.88. The first kappa shape index (κ1) is 13.8. The number of nitro groups is 1. The molecule has 0 spiro atoms. The van der Waals surface area contributed by atoms with Crippen molar-refractivity contribution in [3.63, 3.8) is 0 Å². The maximum Gasteiger partial charge on any atom is 0.292 e. The SMILES string of the molecule is Cc1cc(NC2CC(C)N(C)C2)c([N+](=O)[O-])cc1C. The number of rotatable bonds is 3. The van der Waals surface area contributed by atoms with Crippen molar-refractivity contribution in [2.75, 3.05) is 18.9 Å². The number of benzene rings is 1.